The van der Waals surface area contributed by atoms with Crippen LogP contribution in [0.1, 0.15) is 44.9 Å². The van der Waals surface area contributed by atoms with Crippen molar-refractivity contribution in [1.29, 1.82) is 0 Å². The summed E-state index contributed by atoms with van der Waals surface area (Å²) < 4.78 is 0. The summed E-state index contributed by atoms with van der Waals surface area (Å²) in [6.45, 7) is 4.03. The number of hydrogen-bond donors (Lipinski definition) is 0. The predicted molar refractivity (Wildman–Crippen MR) is 57.9 cm³/mol. The second-order valence-electron chi connectivity index (χ2n) is 5.22. The molecule has 1 aliphatic carbocycles. The third-order valence-corrected chi connectivity index (χ3v) is 4.43. The Kier molecular flexibility index (Phi) is 2.50. The Bertz CT molecular complexity index is 182. The molecule has 1 saturated carbocycles. The van der Waals surface area contributed by atoms with E-state index in [1.165, 1.54) is 64.6 Å². The van der Waals surface area contributed by atoms with E-state index in [0.717, 1.165) is 12.0 Å². The van der Waals surface area contributed by atoms with E-state index in [2.05, 4.69) is 10.0 Å². The van der Waals surface area contributed by atoms with E-state index in [1.807, 2.05) is 0 Å². The first-order chi connectivity index (χ1) is 6.95. The van der Waals surface area contributed by atoms with Crippen LogP contribution in [0, 0.1) is 5.92 Å². The summed E-state index contributed by atoms with van der Waals surface area (Å²) in [7, 11) is 0. The van der Waals surface area contributed by atoms with Gasteiger partial charge < -0.3 is 0 Å². The first-order valence-electron chi connectivity index (χ1n) is 6.46. The first-order valence-corrected chi connectivity index (χ1v) is 6.46. The minimum Gasteiger partial charge on any atom is -0.242 e. The SMILES string of the molecule is C1CCC2C(C1)CCN1CCCCN21. The van der Waals surface area contributed by atoms with Crippen molar-refractivity contribution in [1.82, 2.24) is 10.0 Å². The largest absolute Gasteiger partial charge is 0.242 e. The molecule has 2 atom stereocenters. The van der Waals surface area contributed by atoms with Crippen molar-refractivity contribution in [2.24, 2.45) is 5.92 Å². The predicted octanol–water partition coefficient (Wildman–Crippen LogP) is 2.26. The molecule has 3 rings (SSSR count). The van der Waals surface area contributed by atoms with E-state index >= 15 is 0 Å². The highest BCUT2D eigenvalue weighted by Crippen LogP contribution is 2.36. The lowest BCUT2D eigenvalue weighted by Crippen LogP contribution is -2.59. The fraction of sp³-hybridized carbons (Fsp3) is 1.00. The molecule has 0 spiro atoms. The van der Waals surface area contributed by atoms with Gasteiger partial charge in [0.1, 0.15) is 0 Å². The minimum atomic E-state index is 0.929. The molecular weight excluding hydrogens is 172 g/mol. The minimum absolute atomic E-state index is 0.929. The summed E-state index contributed by atoms with van der Waals surface area (Å²) in [6.07, 6.45) is 10.3. The van der Waals surface area contributed by atoms with Crippen molar-refractivity contribution in [2.45, 2.75) is 51.0 Å². The number of nitrogens with zero attached hydrogens (tertiary/aromatic N) is 2. The molecule has 14 heavy (non-hydrogen) atoms. The van der Waals surface area contributed by atoms with E-state index in [9.17, 15) is 0 Å². The van der Waals surface area contributed by atoms with Gasteiger partial charge in [-0.2, -0.15) is 0 Å². The molecule has 2 heterocycles. The monoisotopic (exact) mass is 194 g/mol. The average molecular weight is 194 g/mol. The molecule has 0 aromatic rings. The van der Waals surface area contributed by atoms with Gasteiger partial charge in [0.2, 0.25) is 0 Å². The zero-order valence-electron chi connectivity index (χ0n) is 9.12. The van der Waals surface area contributed by atoms with Gasteiger partial charge >= 0.3 is 0 Å². The summed E-state index contributed by atoms with van der Waals surface area (Å²) in [5.74, 6) is 1.04. The van der Waals surface area contributed by atoms with Gasteiger partial charge in [-0.3, -0.25) is 0 Å². The van der Waals surface area contributed by atoms with Gasteiger partial charge in [-0.1, -0.05) is 12.8 Å². The molecule has 2 aliphatic heterocycles. The summed E-state index contributed by atoms with van der Waals surface area (Å²) >= 11 is 0. The van der Waals surface area contributed by atoms with Crippen LogP contribution in [0.4, 0.5) is 0 Å². The molecule has 2 heteroatoms. The molecule has 0 N–H and O–H groups in total. The van der Waals surface area contributed by atoms with Gasteiger partial charge in [-0.15, -0.1) is 0 Å². The van der Waals surface area contributed by atoms with Gasteiger partial charge in [0.25, 0.3) is 0 Å². The van der Waals surface area contributed by atoms with E-state index in [-0.39, 0.29) is 0 Å². The van der Waals surface area contributed by atoms with Crippen molar-refractivity contribution in [3.8, 4) is 0 Å². The maximum atomic E-state index is 2.73. The van der Waals surface area contributed by atoms with Crippen molar-refractivity contribution >= 4 is 0 Å². The van der Waals surface area contributed by atoms with E-state index in [4.69, 9.17) is 0 Å². The molecule has 0 radical (unpaired) electrons. The highest BCUT2D eigenvalue weighted by molar-refractivity contribution is 4.88. The van der Waals surface area contributed by atoms with Crippen LogP contribution < -0.4 is 0 Å². The molecule has 2 saturated heterocycles. The fourth-order valence-corrected chi connectivity index (χ4v) is 3.69. The first kappa shape index (κ1) is 9.17. The van der Waals surface area contributed by atoms with E-state index in [0.29, 0.717) is 0 Å². The summed E-state index contributed by atoms with van der Waals surface area (Å²) in [6, 6.07) is 0.929. The van der Waals surface area contributed by atoms with Crippen molar-refractivity contribution < 1.29 is 0 Å². The molecule has 3 aliphatic rings. The number of hydrazine groups is 1. The van der Waals surface area contributed by atoms with Gasteiger partial charge in [-0.05, 0) is 38.0 Å². The molecule has 2 unspecified atom stereocenters. The van der Waals surface area contributed by atoms with Crippen LogP contribution in [0.3, 0.4) is 0 Å². The van der Waals surface area contributed by atoms with Crippen LogP contribution in [0.5, 0.6) is 0 Å². The normalized spacial score (nSPS) is 40.3. The molecule has 0 aromatic carbocycles. The average Bonchev–Trinajstić information content (AvgIpc) is 2.29. The Morgan fingerprint density at radius 1 is 0.714 bits per heavy atom. The Morgan fingerprint density at radius 3 is 2.57 bits per heavy atom. The van der Waals surface area contributed by atoms with Crippen molar-refractivity contribution in [3.63, 3.8) is 0 Å². The second-order valence-corrected chi connectivity index (χ2v) is 5.22. The van der Waals surface area contributed by atoms with E-state index < -0.39 is 0 Å². The topological polar surface area (TPSA) is 6.48 Å². The highest BCUT2D eigenvalue weighted by Gasteiger charge is 2.37. The fourth-order valence-electron chi connectivity index (χ4n) is 3.69. The van der Waals surface area contributed by atoms with Crippen molar-refractivity contribution in [2.75, 3.05) is 19.6 Å². The lowest BCUT2D eigenvalue weighted by atomic mass is 9.80. The van der Waals surface area contributed by atoms with Crippen LogP contribution in [0.15, 0.2) is 0 Å². The Balaban J connectivity index is 1.74. The maximum Gasteiger partial charge on any atom is 0.0274 e. The highest BCUT2D eigenvalue weighted by atomic mass is 15.6. The van der Waals surface area contributed by atoms with Crippen LogP contribution in [0.2, 0.25) is 0 Å². The van der Waals surface area contributed by atoms with Crippen LogP contribution in [-0.4, -0.2) is 35.7 Å². The Hall–Kier alpha value is -0.0800. The zero-order chi connectivity index (χ0) is 9.38. The Labute approximate surface area is 87.2 Å². The van der Waals surface area contributed by atoms with Crippen LogP contribution >= 0.6 is 0 Å². The zero-order valence-corrected chi connectivity index (χ0v) is 9.12. The van der Waals surface area contributed by atoms with Crippen LogP contribution in [0.25, 0.3) is 0 Å². The lowest BCUT2D eigenvalue weighted by molar-refractivity contribution is -0.140. The van der Waals surface area contributed by atoms with Gasteiger partial charge in [-0.25, -0.2) is 10.0 Å². The standard InChI is InChI=1S/C12H22N2/c1-2-6-12-11(5-1)7-10-13-8-3-4-9-14(12)13/h11-12H,1-10H2. The van der Waals surface area contributed by atoms with Gasteiger partial charge in [0.15, 0.2) is 0 Å². The summed E-state index contributed by atoms with van der Waals surface area (Å²) in [4.78, 5) is 0. The number of hydrogen-bond acceptors (Lipinski definition) is 2. The third kappa shape index (κ3) is 1.49. The summed E-state index contributed by atoms with van der Waals surface area (Å²) in [5.41, 5.74) is 0. The molecule has 0 bridgehead atoms. The summed E-state index contributed by atoms with van der Waals surface area (Å²) in [5, 5.41) is 5.38. The van der Waals surface area contributed by atoms with Crippen LogP contribution in [-0.2, 0) is 0 Å². The van der Waals surface area contributed by atoms with E-state index in [1.54, 1.807) is 0 Å². The van der Waals surface area contributed by atoms with Gasteiger partial charge in [0.05, 0.1) is 0 Å². The quantitative estimate of drug-likeness (QED) is 0.583. The molecular formula is C12H22N2. The van der Waals surface area contributed by atoms with Gasteiger partial charge in [0, 0.05) is 25.7 Å². The molecule has 80 valence electrons. The number of rotatable bonds is 0. The van der Waals surface area contributed by atoms with Crippen molar-refractivity contribution in [3.05, 3.63) is 0 Å². The Morgan fingerprint density at radius 2 is 1.57 bits per heavy atom. The smallest absolute Gasteiger partial charge is 0.0274 e. The third-order valence-electron chi connectivity index (χ3n) is 4.43. The lowest BCUT2D eigenvalue weighted by Gasteiger charge is -2.52. The second kappa shape index (κ2) is 3.82. The molecule has 0 aromatic heterocycles. The molecule has 0 amide bonds. The maximum absolute atomic E-state index is 2.73. The molecule has 3 fully saturated rings. The number of fused-ring (bicyclic) bond motifs is 3. The molecule has 2 nitrogen and oxygen atoms in total.